The first kappa shape index (κ1) is 15.3. The van der Waals surface area contributed by atoms with E-state index in [9.17, 15) is 9.90 Å². The summed E-state index contributed by atoms with van der Waals surface area (Å²) in [6, 6.07) is 9.59. The summed E-state index contributed by atoms with van der Waals surface area (Å²) in [6.07, 6.45) is 5.25. The number of amides is 1. The topological polar surface area (TPSA) is 49.8 Å². The molecule has 4 heteroatoms. The van der Waals surface area contributed by atoms with Crippen LogP contribution in [0.3, 0.4) is 0 Å². The second kappa shape index (κ2) is 6.69. The molecule has 1 spiro atoms. The predicted molar refractivity (Wildman–Crippen MR) is 84.7 cm³/mol. The van der Waals surface area contributed by atoms with Gasteiger partial charge in [-0.3, -0.25) is 4.79 Å². The number of aliphatic hydroxyl groups excluding tert-OH is 1. The zero-order chi connectivity index (χ0) is 15.4. The van der Waals surface area contributed by atoms with Gasteiger partial charge in [0.15, 0.2) is 0 Å². The van der Waals surface area contributed by atoms with E-state index in [2.05, 4.69) is 0 Å². The zero-order valence-corrected chi connectivity index (χ0v) is 13.0. The summed E-state index contributed by atoms with van der Waals surface area (Å²) in [6.45, 7) is 1.95. The Morgan fingerprint density at radius 3 is 2.77 bits per heavy atom. The van der Waals surface area contributed by atoms with Crippen molar-refractivity contribution in [1.82, 2.24) is 4.90 Å². The number of likely N-dealkylation sites (tertiary alicyclic amines) is 1. The van der Waals surface area contributed by atoms with Crippen molar-refractivity contribution in [1.29, 1.82) is 0 Å². The lowest BCUT2D eigenvalue weighted by molar-refractivity contribution is -0.137. The number of carbonyl (C=O) groups is 1. The van der Waals surface area contributed by atoms with Gasteiger partial charge < -0.3 is 14.7 Å². The lowest BCUT2D eigenvalue weighted by Gasteiger charge is -2.42. The Bertz CT molecular complexity index is 504. The average Bonchev–Trinajstić information content (AvgIpc) is 2.88. The van der Waals surface area contributed by atoms with Crippen molar-refractivity contribution in [3.63, 3.8) is 0 Å². The highest BCUT2D eigenvalue weighted by Gasteiger charge is 2.45. The highest BCUT2D eigenvalue weighted by molar-refractivity contribution is 5.76. The van der Waals surface area contributed by atoms with Gasteiger partial charge >= 0.3 is 0 Å². The number of para-hydroxylation sites is 1. The number of aliphatic hydroxyl groups is 1. The third-order valence-corrected chi connectivity index (χ3v) is 5.15. The van der Waals surface area contributed by atoms with E-state index < -0.39 is 0 Å². The average molecular weight is 303 g/mol. The van der Waals surface area contributed by atoms with Crippen molar-refractivity contribution in [2.24, 2.45) is 5.41 Å². The molecule has 4 nitrogen and oxygen atoms in total. The van der Waals surface area contributed by atoms with Gasteiger partial charge in [0.25, 0.3) is 0 Å². The Morgan fingerprint density at radius 1 is 1.27 bits per heavy atom. The van der Waals surface area contributed by atoms with Crippen molar-refractivity contribution in [3.05, 3.63) is 30.3 Å². The van der Waals surface area contributed by atoms with Crippen LogP contribution in [0.4, 0.5) is 0 Å². The minimum absolute atomic E-state index is 0.0335. The van der Waals surface area contributed by atoms with Crippen LogP contribution in [0.2, 0.25) is 0 Å². The van der Waals surface area contributed by atoms with Gasteiger partial charge in [-0.1, -0.05) is 24.6 Å². The fourth-order valence-electron chi connectivity index (χ4n) is 3.90. The second-order valence-corrected chi connectivity index (χ2v) is 6.60. The first-order chi connectivity index (χ1) is 10.7. The second-order valence-electron chi connectivity index (χ2n) is 6.60. The maximum Gasteiger partial charge on any atom is 0.226 e. The molecule has 3 rings (SSSR count). The Hall–Kier alpha value is -1.55. The molecule has 2 aliphatic rings. The third-order valence-electron chi connectivity index (χ3n) is 5.15. The van der Waals surface area contributed by atoms with E-state index in [0.29, 0.717) is 13.0 Å². The normalized spacial score (nSPS) is 28.0. The molecule has 2 fully saturated rings. The molecular formula is C18H25NO3. The fraction of sp³-hybridized carbons (Fsp3) is 0.611. The van der Waals surface area contributed by atoms with Gasteiger partial charge in [-0.25, -0.2) is 0 Å². The van der Waals surface area contributed by atoms with Crippen LogP contribution in [0.1, 0.15) is 38.5 Å². The number of hydrogen-bond acceptors (Lipinski definition) is 3. The van der Waals surface area contributed by atoms with Crippen LogP contribution < -0.4 is 4.74 Å². The first-order valence-electron chi connectivity index (χ1n) is 8.33. The molecule has 0 aromatic heterocycles. The largest absolute Gasteiger partial charge is 0.493 e. The summed E-state index contributed by atoms with van der Waals surface area (Å²) in [5.74, 6) is 0.950. The van der Waals surface area contributed by atoms with Crippen molar-refractivity contribution in [2.75, 3.05) is 19.7 Å². The smallest absolute Gasteiger partial charge is 0.226 e. The van der Waals surface area contributed by atoms with E-state index in [4.69, 9.17) is 4.74 Å². The summed E-state index contributed by atoms with van der Waals surface area (Å²) in [5, 5.41) is 10.3. The van der Waals surface area contributed by atoms with Gasteiger partial charge in [0.05, 0.1) is 19.1 Å². The van der Waals surface area contributed by atoms with E-state index in [0.717, 1.165) is 50.9 Å². The van der Waals surface area contributed by atoms with Crippen molar-refractivity contribution in [2.45, 2.75) is 44.6 Å². The zero-order valence-electron chi connectivity index (χ0n) is 13.0. The predicted octanol–water partition coefficient (Wildman–Crippen LogP) is 2.61. The van der Waals surface area contributed by atoms with Gasteiger partial charge in [-0.15, -0.1) is 0 Å². The van der Waals surface area contributed by atoms with E-state index in [-0.39, 0.29) is 17.4 Å². The molecular weight excluding hydrogens is 278 g/mol. The molecule has 1 aliphatic carbocycles. The molecule has 0 radical (unpaired) electrons. The lowest BCUT2D eigenvalue weighted by atomic mass is 9.76. The standard InChI is InChI=1S/C18H25NO3/c20-16-8-4-10-18(16)11-5-12-19(14-18)17(21)9-13-22-15-6-2-1-3-7-15/h1-3,6-7,16,20H,4-5,8-14H2/t16-,18+/m1/s1. The molecule has 1 aliphatic heterocycles. The van der Waals surface area contributed by atoms with Gasteiger partial charge in [0, 0.05) is 18.5 Å². The van der Waals surface area contributed by atoms with Crippen LogP contribution in [0.25, 0.3) is 0 Å². The van der Waals surface area contributed by atoms with Crippen LogP contribution in [-0.4, -0.2) is 41.7 Å². The van der Waals surface area contributed by atoms with Crippen LogP contribution in [0.15, 0.2) is 30.3 Å². The molecule has 0 unspecified atom stereocenters. The van der Waals surface area contributed by atoms with Crippen molar-refractivity contribution in [3.8, 4) is 5.75 Å². The fourth-order valence-corrected chi connectivity index (χ4v) is 3.90. The molecule has 1 saturated carbocycles. The van der Waals surface area contributed by atoms with Crippen LogP contribution >= 0.6 is 0 Å². The lowest BCUT2D eigenvalue weighted by Crippen LogP contribution is -2.49. The SMILES string of the molecule is O=C(CCOc1ccccc1)N1CCC[C@@]2(CCC[C@H]2O)C1. The summed E-state index contributed by atoms with van der Waals surface area (Å²) >= 11 is 0. The van der Waals surface area contributed by atoms with E-state index in [1.807, 2.05) is 35.2 Å². The summed E-state index contributed by atoms with van der Waals surface area (Å²) < 4.78 is 5.61. The molecule has 22 heavy (non-hydrogen) atoms. The summed E-state index contributed by atoms with van der Waals surface area (Å²) in [5.41, 5.74) is -0.0335. The maximum absolute atomic E-state index is 12.4. The number of rotatable bonds is 4. The number of piperidine rings is 1. The van der Waals surface area contributed by atoms with Crippen LogP contribution in [0.5, 0.6) is 5.75 Å². The van der Waals surface area contributed by atoms with Crippen LogP contribution in [0, 0.1) is 5.41 Å². The van der Waals surface area contributed by atoms with Gasteiger partial charge in [-0.05, 0) is 37.8 Å². The quantitative estimate of drug-likeness (QED) is 0.930. The molecule has 1 heterocycles. The third kappa shape index (κ3) is 3.27. The number of ether oxygens (including phenoxy) is 1. The minimum atomic E-state index is -0.233. The van der Waals surface area contributed by atoms with E-state index >= 15 is 0 Å². The highest BCUT2D eigenvalue weighted by atomic mass is 16.5. The Kier molecular flexibility index (Phi) is 4.67. The monoisotopic (exact) mass is 303 g/mol. The van der Waals surface area contributed by atoms with Gasteiger partial charge in [0.1, 0.15) is 5.75 Å². The molecule has 1 aromatic carbocycles. The van der Waals surface area contributed by atoms with Gasteiger partial charge in [0.2, 0.25) is 5.91 Å². The summed E-state index contributed by atoms with van der Waals surface area (Å²) in [4.78, 5) is 14.3. The highest BCUT2D eigenvalue weighted by Crippen LogP contribution is 2.45. The Labute approximate surface area is 132 Å². The Morgan fingerprint density at radius 2 is 2.05 bits per heavy atom. The summed E-state index contributed by atoms with van der Waals surface area (Å²) in [7, 11) is 0. The number of carbonyl (C=O) groups excluding carboxylic acids is 1. The molecule has 1 amide bonds. The minimum Gasteiger partial charge on any atom is -0.493 e. The Balaban J connectivity index is 1.49. The molecule has 1 N–H and O–H groups in total. The van der Waals surface area contributed by atoms with E-state index in [1.165, 1.54) is 0 Å². The number of nitrogens with zero attached hydrogens (tertiary/aromatic N) is 1. The van der Waals surface area contributed by atoms with Crippen molar-refractivity contribution >= 4 is 5.91 Å². The molecule has 0 bridgehead atoms. The first-order valence-corrected chi connectivity index (χ1v) is 8.33. The van der Waals surface area contributed by atoms with E-state index in [1.54, 1.807) is 0 Å². The van der Waals surface area contributed by atoms with Gasteiger partial charge in [-0.2, -0.15) is 0 Å². The van der Waals surface area contributed by atoms with Crippen molar-refractivity contribution < 1.29 is 14.6 Å². The number of benzene rings is 1. The molecule has 1 saturated heterocycles. The molecule has 2 atom stereocenters. The molecule has 120 valence electrons. The molecule has 1 aromatic rings. The van der Waals surface area contributed by atoms with Crippen LogP contribution in [-0.2, 0) is 4.79 Å². The maximum atomic E-state index is 12.4. The number of hydrogen-bond donors (Lipinski definition) is 1.